The van der Waals surface area contributed by atoms with Crippen molar-refractivity contribution in [3.63, 3.8) is 0 Å². The van der Waals surface area contributed by atoms with Gasteiger partial charge in [-0.25, -0.2) is 13.6 Å². The lowest BCUT2D eigenvalue weighted by molar-refractivity contribution is -0.187. The third kappa shape index (κ3) is 6.80. The van der Waals surface area contributed by atoms with Gasteiger partial charge in [-0.05, 0) is 79.2 Å². The highest BCUT2D eigenvalue weighted by molar-refractivity contribution is 5.97. The molecule has 4 amide bonds. The molecule has 0 aromatic heterocycles. The van der Waals surface area contributed by atoms with E-state index in [1.807, 2.05) is 35.2 Å². The second kappa shape index (κ2) is 13.5. The molecule has 7 nitrogen and oxygen atoms in total. The largest absolute Gasteiger partial charge is 0.471 e. The lowest BCUT2D eigenvalue weighted by Crippen LogP contribution is -2.58. The Morgan fingerprint density at radius 3 is 2.40 bits per heavy atom. The third-order valence-electron chi connectivity index (χ3n) is 11.1. The average molecular weight is 673 g/mol. The number of benzene rings is 2. The maximum Gasteiger partial charge on any atom is 0.471 e. The van der Waals surface area contributed by atoms with Gasteiger partial charge in [-0.1, -0.05) is 43.2 Å². The molecule has 3 heterocycles. The first-order chi connectivity index (χ1) is 22.9. The third-order valence-corrected chi connectivity index (χ3v) is 11.1. The quantitative estimate of drug-likeness (QED) is 0.328. The molecule has 1 unspecified atom stereocenters. The highest BCUT2D eigenvalue weighted by Crippen LogP contribution is 2.50. The van der Waals surface area contributed by atoms with Crippen LogP contribution in [0.1, 0.15) is 68.5 Å². The van der Waals surface area contributed by atoms with Gasteiger partial charge in [0, 0.05) is 57.5 Å². The van der Waals surface area contributed by atoms with Gasteiger partial charge in [0.1, 0.15) is 11.6 Å². The number of hydrogen-bond donors (Lipinski definition) is 0. The second-order valence-electron chi connectivity index (χ2n) is 13.8. The number of halogens is 5. The van der Waals surface area contributed by atoms with Gasteiger partial charge >= 0.3 is 18.1 Å². The molecule has 3 aliphatic heterocycles. The van der Waals surface area contributed by atoms with Crippen LogP contribution in [0, 0.1) is 23.0 Å². The van der Waals surface area contributed by atoms with Crippen molar-refractivity contribution in [2.75, 3.05) is 39.8 Å². The van der Waals surface area contributed by atoms with E-state index in [0.29, 0.717) is 37.5 Å². The van der Waals surface area contributed by atoms with E-state index in [1.165, 1.54) is 4.90 Å². The molecule has 1 spiro atoms. The van der Waals surface area contributed by atoms with E-state index in [9.17, 15) is 31.9 Å². The Morgan fingerprint density at radius 2 is 1.71 bits per heavy atom. The number of rotatable bonds is 5. The van der Waals surface area contributed by atoms with E-state index in [4.69, 9.17) is 0 Å². The summed E-state index contributed by atoms with van der Waals surface area (Å²) >= 11 is 0. The summed E-state index contributed by atoms with van der Waals surface area (Å²) in [4.78, 5) is 45.3. The number of alkyl halides is 3. The van der Waals surface area contributed by atoms with Gasteiger partial charge < -0.3 is 19.6 Å². The van der Waals surface area contributed by atoms with E-state index in [1.54, 1.807) is 11.0 Å². The first kappa shape index (κ1) is 33.9. The van der Waals surface area contributed by atoms with Gasteiger partial charge in [0.2, 0.25) is 5.91 Å². The molecule has 0 radical (unpaired) electrons. The normalized spacial score (nSPS) is 24.5. The van der Waals surface area contributed by atoms with E-state index < -0.39 is 35.8 Å². The minimum atomic E-state index is -5.08. The Morgan fingerprint density at radius 1 is 0.979 bits per heavy atom. The number of carbonyl (C=O) groups excluding carboxylic acids is 3. The first-order valence-electron chi connectivity index (χ1n) is 16.8. The molecule has 1 saturated carbocycles. The van der Waals surface area contributed by atoms with Crippen molar-refractivity contribution in [3.8, 4) is 0 Å². The number of hydrogen-bond acceptors (Lipinski definition) is 3. The number of likely N-dealkylation sites (tertiary alicyclic amines) is 2. The van der Waals surface area contributed by atoms with Gasteiger partial charge in [-0.2, -0.15) is 13.2 Å². The van der Waals surface area contributed by atoms with E-state index in [-0.39, 0.29) is 48.2 Å². The van der Waals surface area contributed by atoms with Crippen LogP contribution in [0.4, 0.5) is 26.7 Å². The van der Waals surface area contributed by atoms with Crippen LogP contribution in [0.5, 0.6) is 0 Å². The van der Waals surface area contributed by atoms with Crippen molar-refractivity contribution in [1.82, 2.24) is 19.6 Å². The van der Waals surface area contributed by atoms with Gasteiger partial charge in [-0.15, -0.1) is 0 Å². The Hall–Kier alpha value is -3.96. The zero-order valence-corrected chi connectivity index (χ0v) is 27.0. The fourth-order valence-electron chi connectivity index (χ4n) is 8.44. The summed E-state index contributed by atoms with van der Waals surface area (Å²) in [5, 5.41) is 0. The van der Waals surface area contributed by atoms with Crippen LogP contribution in [0.3, 0.4) is 0 Å². The first-order valence-corrected chi connectivity index (χ1v) is 16.8. The summed E-state index contributed by atoms with van der Waals surface area (Å²) in [5.41, 5.74) is 1.74. The molecule has 2 saturated heterocycles. The molecule has 48 heavy (non-hydrogen) atoms. The molecule has 258 valence electrons. The van der Waals surface area contributed by atoms with E-state index in [0.717, 1.165) is 68.5 Å². The van der Waals surface area contributed by atoms with E-state index in [2.05, 4.69) is 0 Å². The standard InChI is InChI=1S/C36H41F5N4O3/c1-42(33(47)36(39,40)41)28-13-18-45(31(21-28)29-20-27(37)9-10-30(29)38)34(48)44-17-12-26(35(23-44)14-5-6-15-35)22-43-16-11-25(19-32(43)46)24-7-3-2-4-8-24/h2-4,7-10,19-20,26,28,31H,5-6,11-18,21-23H2,1H3/t26?,28-,31+/m1/s1. The zero-order chi connectivity index (χ0) is 34.2. The SMILES string of the molecule is CN(C(=O)C(F)(F)F)[C@@H]1CCN(C(=O)N2CCC(CN3CCC(c4ccccc4)=CC3=O)C3(CCCC3)C2)[C@H](c2cc(F)ccc2F)C1. The topological polar surface area (TPSA) is 64.2 Å². The van der Waals surface area contributed by atoms with Crippen molar-refractivity contribution in [1.29, 1.82) is 0 Å². The molecule has 2 aromatic rings. The van der Waals surface area contributed by atoms with Gasteiger partial charge in [0.25, 0.3) is 0 Å². The molecule has 0 bridgehead atoms. The van der Waals surface area contributed by atoms with Crippen LogP contribution in [-0.4, -0.2) is 89.4 Å². The van der Waals surface area contributed by atoms with Crippen LogP contribution in [0.15, 0.2) is 54.6 Å². The van der Waals surface area contributed by atoms with Crippen LogP contribution < -0.4 is 0 Å². The molecule has 6 rings (SSSR count). The summed E-state index contributed by atoms with van der Waals surface area (Å²) in [6.07, 6.45) is 1.80. The number of carbonyl (C=O) groups is 3. The van der Waals surface area contributed by atoms with Crippen molar-refractivity contribution in [2.45, 2.75) is 69.6 Å². The fraction of sp³-hybridized carbons (Fsp3) is 0.528. The Labute approximate surface area is 277 Å². The van der Waals surface area contributed by atoms with E-state index >= 15 is 4.39 Å². The fourth-order valence-corrected chi connectivity index (χ4v) is 8.44. The number of nitrogens with zero attached hydrogens (tertiary/aromatic N) is 4. The molecule has 12 heteroatoms. The van der Waals surface area contributed by atoms with Gasteiger partial charge in [-0.3, -0.25) is 9.59 Å². The summed E-state index contributed by atoms with van der Waals surface area (Å²) in [5.74, 6) is -3.35. The summed E-state index contributed by atoms with van der Waals surface area (Å²) < 4.78 is 69.4. The molecule has 1 aliphatic carbocycles. The Kier molecular flexibility index (Phi) is 9.55. The molecule has 4 aliphatic rings. The van der Waals surface area contributed by atoms with Crippen molar-refractivity contribution in [3.05, 3.63) is 77.4 Å². The van der Waals surface area contributed by atoms with Gasteiger partial charge in [0.15, 0.2) is 0 Å². The second-order valence-corrected chi connectivity index (χ2v) is 13.8. The highest BCUT2D eigenvalue weighted by atomic mass is 19.4. The van der Waals surface area contributed by atoms with Gasteiger partial charge in [0.05, 0.1) is 6.04 Å². The monoisotopic (exact) mass is 672 g/mol. The predicted molar refractivity (Wildman–Crippen MR) is 169 cm³/mol. The van der Waals surface area contributed by atoms with Crippen LogP contribution in [0.2, 0.25) is 0 Å². The molecule has 2 aromatic carbocycles. The molecule has 0 N–H and O–H groups in total. The molecular formula is C36H41F5N4O3. The maximum atomic E-state index is 15.2. The van der Waals surface area contributed by atoms with Crippen molar-refractivity contribution < 1.29 is 36.3 Å². The maximum absolute atomic E-state index is 15.2. The minimum Gasteiger partial charge on any atom is -0.339 e. The molecule has 3 atom stereocenters. The average Bonchev–Trinajstić information content (AvgIpc) is 3.54. The minimum absolute atomic E-state index is 0.0106. The molecular weight excluding hydrogens is 631 g/mol. The lowest BCUT2D eigenvalue weighted by Gasteiger charge is -2.50. The summed E-state index contributed by atoms with van der Waals surface area (Å²) in [6, 6.07) is 10.4. The highest BCUT2D eigenvalue weighted by Gasteiger charge is 2.50. The zero-order valence-electron chi connectivity index (χ0n) is 27.0. The number of piperidine rings is 2. The lowest BCUT2D eigenvalue weighted by atomic mass is 9.69. The number of urea groups is 1. The molecule has 3 fully saturated rings. The smallest absolute Gasteiger partial charge is 0.339 e. The summed E-state index contributed by atoms with van der Waals surface area (Å²) in [6.45, 7) is 2.06. The van der Waals surface area contributed by atoms with Crippen molar-refractivity contribution >= 4 is 23.4 Å². The number of amides is 4. The Balaban J connectivity index is 1.19. The van der Waals surface area contributed by atoms with Crippen LogP contribution in [-0.2, 0) is 9.59 Å². The predicted octanol–water partition coefficient (Wildman–Crippen LogP) is 6.81. The Bertz CT molecular complexity index is 1560. The summed E-state index contributed by atoms with van der Waals surface area (Å²) in [7, 11) is 1.05. The van der Waals surface area contributed by atoms with Crippen LogP contribution in [0.25, 0.3) is 5.57 Å². The van der Waals surface area contributed by atoms with Crippen molar-refractivity contribution in [2.24, 2.45) is 11.3 Å². The van der Waals surface area contributed by atoms with Crippen LogP contribution >= 0.6 is 0 Å².